The van der Waals surface area contributed by atoms with Gasteiger partial charge in [-0.05, 0) is 6.07 Å². The van der Waals surface area contributed by atoms with Crippen molar-refractivity contribution >= 4 is 23.5 Å². The molecule has 0 saturated carbocycles. The highest BCUT2D eigenvalue weighted by molar-refractivity contribution is 6.29. The summed E-state index contributed by atoms with van der Waals surface area (Å²) < 4.78 is 4.95. The summed E-state index contributed by atoms with van der Waals surface area (Å²) in [5.41, 5.74) is -0.232. The number of hydrogen-bond donors (Lipinski definition) is 0. The van der Waals surface area contributed by atoms with Gasteiger partial charge in [-0.1, -0.05) is 18.2 Å². The lowest BCUT2D eigenvalue weighted by Gasteiger charge is -2.17. The van der Waals surface area contributed by atoms with Gasteiger partial charge in [-0.3, -0.25) is 14.4 Å². The van der Waals surface area contributed by atoms with Crippen LogP contribution < -0.4 is 4.90 Å². The van der Waals surface area contributed by atoms with E-state index in [0.717, 1.165) is 4.90 Å². The van der Waals surface area contributed by atoms with E-state index in [4.69, 9.17) is 4.74 Å². The fraction of sp³-hybridized carbons (Fsp3) is 0.308. The zero-order valence-corrected chi connectivity index (χ0v) is 9.80. The number of carbonyl (C=O) groups is 3. The Balaban J connectivity index is 2.28. The van der Waals surface area contributed by atoms with Gasteiger partial charge in [0.25, 0.3) is 5.91 Å². The number of fused-ring (bicyclic) bond motifs is 2. The normalized spacial score (nSPS) is 25.5. The molecule has 18 heavy (non-hydrogen) atoms. The molecule has 1 unspecified atom stereocenters. The minimum atomic E-state index is -1.30. The van der Waals surface area contributed by atoms with Gasteiger partial charge in [0.1, 0.15) is 0 Å². The average Bonchev–Trinajstić information content (AvgIpc) is 2.83. The van der Waals surface area contributed by atoms with E-state index in [9.17, 15) is 14.4 Å². The summed E-state index contributed by atoms with van der Waals surface area (Å²) in [5.74, 6) is -1.42. The van der Waals surface area contributed by atoms with Crippen LogP contribution in [0, 0.1) is 0 Å². The van der Waals surface area contributed by atoms with Crippen LogP contribution in [0.4, 0.5) is 5.69 Å². The fourth-order valence-electron chi connectivity index (χ4n) is 2.72. The highest BCUT2D eigenvalue weighted by Gasteiger charge is 2.60. The number of nitrogens with zero attached hydrogens (tertiary/aromatic N) is 1. The molecule has 1 atom stereocenters. The second-order valence-electron chi connectivity index (χ2n) is 4.47. The Morgan fingerprint density at radius 1 is 1.33 bits per heavy atom. The van der Waals surface area contributed by atoms with E-state index in [1.54, 1.807) is 24.3 Å². The number of hydrogen-bond acceptors (Lipinski definition) is 4. The third-order valence-corrected chi connectivity index (χ3v) is 3.55. The minimum Gasteiger partial charge on any atom is -0.465 e. The topological polar surface area (TPSA) is 63.7 Å². The third-order valence-electron chi connectivity index (χ3n) is 3.55. The Kier molecular flexibility index (Phi) is 2.08. The van der Waals surface area contributed by atoms with Crippen molar-refractivity contribution in [2.45, 2.75) is 18.8 Å². The lowest BCUT2D eigenvalue weighted by Crippen LogP contribution is -2.45. The number of carbonyl (C=O) groups excluding carboxylic acids is 3. The molecule has 2 aliphatic heterocycles. The predicted molar refractivity (Wildman–Crippen MR) is 61.9 cm³/mol. The van der Waals surface area contributed by atoms with Crippen LogP contribution in [0.2, 0.25) is 0 Å². The first-order chi connectivity index (χ1) is 8.59. The standard InChI is InChI=1S/C13H11NO4/c1-8(15)14-10-5-3-2-4-9(10)13(11(14)16)6-7-18-12(13)17/h2-5H,6-7H2,1H3. The van der Waals surface area contributed by atoms with Crippen LogP contribution in [0.5, 0.6) is 0 Å². The fourth-order valence-corrected chi connectivity index (χ4v) is 2.72. The van der Waals surface area contributed by atoms with Crippen molar-refractivity contribution in [2.24, 2.45) is 0 Å². The molecule has 0 bridgehead atoms. The Morgan fingerprint density at radius 3 is 2.67 bits per heavy atom. The van der Waals surface area contributed by atoms with E-state index in [0.29, 0.717) is 17.7 Å². The maximum Gasteiger partial charge on any atom is 0.326 e. The summed E-state index contributed by atoms with van der Waals surface area (Å²) in [7, 11) is 0. The maximum absolute atomic E-state index is 12.4. The quantitative estimate of drug-likeness (QED) is 0.500. The molecule has 5 nitrogen and oxygen atoms in total. The van der Waals surface area contributed by atoms with E-state index in [-0.39, 0.29) is 12.5 Å². The van der Waals surface area contributed by atoms with Crippen LogP contribution in [0.15, 0.2) is 24.3 Å². The summed E-state index contributed by atoms with van der Waals surface area (Å²) in [6.07, 6.45) is 0.297. The molecule has 1 aromatic rings. The van der Waals surface area contributed by atoms with Gasteiger partial charge in [0.15, 0.2) is 5.41 Å². The number of amides is 2. The Morgan fingerprint density at radius 2 is 2.06 bits per heavy atom. The lowest BCUT2D eigenvalue weighted by atomic mass is 9.80. The van der Waals surface area contributed by atoms with Crippen molar-refractivity contribution in [2.75, 3.05) is 11.5 Å². The monoisotopic (exact) mass is 245 g/mol. The zero-order valence-electron chi connectivity index (χ0n) is 9.80. The van der Waals surface area contributed by atoms with Gasteiger partial charge in [-0.25, -0.2) is 4.90 Å². The number of ether oxygens (including phenoxy) is 1. The number of esters is 1. The van der Waals surface area contributed by atoms with E-state index in [2.05, 4.69) is 0 Å². The summed E-state index contributed by atoms with van der Waals surface area (Å²) in [5, 5.41) is 0. The molecule has 1 fully saturated rings. The molecule has 5 heteroatoms. The van der Waals surface area contributed by atoms with Crippen LogP contribution in [-0.2, 0) is 24.5 Å². The molecule has 0 N–H and O–H groups in total. The zero-order chi connectivity index (χ0) is 12.9. The van der Waals surface area contributed by atoms with Gasteiger partial charge < -0.3 is 4.74 Å². The second kappa shape index (κ2) is 3.41. The van der Waals surface area contributed by atoms with Gasteiger partial charge in [0.05, 0.1) is 12.3 Å². The molecule has 1 aromatic carbocycles. The van der Waals surface area contributed by atoms with E-state index < -0.39 is 17.3 Å². The minimum absolute atomic E-state index is 0.213. The van der Waals surface area contributed by atoms with Crippen molar-refractivity contribution in [3.63, 3.8) is 0 Å². The molecule has 92 valence electrons. The molecule has 2 aliphatic rings. The number of imide groups is 1. The number of cyclic esters (lactones) is 1. The molecule has 2 heterocycles. The number of benzene rings is 1. The van der Waals surface area contributed by atoms with Crippen LogP contribution in [0.3, 0.4) is 0 Å². The first-order valence-corrected chi connectivity index (χ1v) is 5.71. The second-order valence-corrected chi connectivity index (χ2v) is 4.47. The van der Waals surface area contributed by atoms with Crippen LogP contribution in [0.1, 0.15) is 18.9 Å². The van der Waals surface area contributed by atoms with Crippen molar-refractivity contribution in [3.8, 4) is 0 Å². The summed E-state index contributed by atoms with van der Waals surface area (Å²) >= 11 is 0. The number of rotatable bonds is 0. The largest absolute Gasteiger partial charge is 0.465 e. The van der Waals surface area contributed by atoms with Crippen molar-refractivity contribution < 1.29 is 19.1 Å². The molecule has 1 spiro atoms. The third kappa shape index (κ3) is 1.08. The highest BCUT2D eigenvalue weighted by atomic mass is 16.5. The number of para-hydroxylation sites is 1. The summed E-state index contributed by atoms with van der Waals surface area (Å²) in [6.45, 7) is 1.53. The van der Waals surface area contributed by atoms with Crippen molar-refractivity contribution in [3.05, 3.63) is 29.8 Å². The van der Waals surface area contributed by atoms with Gasteiger partial charge in [0, 0.05) is 18.9 Å². The molecule has 0 aromatic heterocycles. The molecule has 0 radical (unpaired) electrons. The predicted octanol–water partition coefficient (Wildman–Crippen LogP) is 0.764. The van der Waals surface area contributed by atoms with Crippen LogP contribution in [-0.4, -0.2) is 24.4 Å². The molecule has 2 amide bonds. The van der Waals surface area contributed by atoms with E-state index in [1.165, 1.54) is 6.92 Å². The van der Waals surface area contributed by atoms with Gasteiger partial charge in [-0.15, -0.1) is 0 Å². The lowest BCUT2D eigenvalue weighted by molar-refractivity contribution is -0.146. The molecular formula is C13H11NO4. The van der Waals surface area contributed by atoms with Crippen LogP contribution in [0.25, 0.3) is 0 Å². The summed E-state index contributed by atoms with van der Waals surface area (Å²) in [4.78, 5) is 37.1. The first kappa shape index (κ1) is 11.0. The molecule has 1 saturated heterocycles. The Labute approximate surface area is 103 Å². The molecule has 3 rings (SSSR count). The van der Waals surface area contributed by atoms with Crippen LogP contribution >= 0.6 is 0 Å². The number of anilines is 1. The Hall–Kier alpha value is -2.17. The van der Waals surface area contributed by atoms with Gasteiger partial charge >= 0.3 is 5.97 Å². The molecular weight excluding hydrogens is 234 g/mol. The maximum atomic E-state index is 12.4. The van der Waals surface area contributed by atoms with E-state index >= 15 is 0 Å². The van der Waals surface area contributed by atoms with Gasteiger partial charge in [0.2, 0.25) is 5.91 Å². The highest BCUT2D eigenvalue weighted by Crippen LogP contribution is 2.47. The SMILES string of the molecule is CC(=O)N1C(=O)C2(CCOC2=O)c2ccccc21. The Bertz CT molecular complexity index is 580. The first-order valence-electron chi connectivity index (χ1n) is 5.71. The van der Waals surface area contributed by atoms with Gasteiger partial charge in [-0.2, -0.15) is 0 Å². The smallest absolute Gasteiger partial charge is 0.326 e. The molecule has 0 aliphatic carbocycles. The average molecular weight is 245 g/mol. The van der Waals surface area contributed by atoms with Crippen molar-refractivity contribution in [1.82, 2.24) is 0 Å². The van der Waals surface area contributed by atoms with E-state index in [1.807, 2.05) is 0 Å². The summed E-state index contributed by atoms with van der Waals surface area (Å²) in [6, 6.07) is 6.88. The van der Waals surface area contributed by atoms with Crippen molar-refractivity contribution in [1.29, 1.82) is 0 Å².